The van der Waals surface area contributed by atoms with Crippen LogP contribution in [0.25, 0.3) is 5.70 Å². The summed E-state index contributed by atoms with van der Waals surface area (Å²) in [6, 6.07) is 5.93. The topological polar surface area (TPSA) is 38.4 Å². The van der Waals surface area contributed by atoms with E-state index >= 15 is 0 Å². The number of hydrogen-bond acceptors (Lipinski definition) is 2. The molecule has 2 heteroatoms. The Hall–Kier alpha value is -1.83. The molecular weight excluding hydrogens is 184 g/mol. The molecule has 0 amide bonds. The minimum Gasteiger partial charge on any atom is -0.399 e. The molecule has 0 aliphatic heterocycles. The number of benzene rings is 1. The molecular formula is C13H16N2. The summed E-state index contributed by atoms with van der Waals surface area (Å²) in [5, 5.41) is 0. The average molecular weight is 200 g/mol. The highest BCUT2D eigenvalue weighted by Gasteiger charge is 2.06. The van der Waals surface area contributed by atoms with Crippen molar-refractivity contribution in [3.8, 4) is 0 Å². The maximum absolute atomic E-state index is 5.70. The van der Waals surface area contributed by atoms with Crippen LogP contribution in [0.3, 0.4) is 0 Å². The van der Waals surface area contributed by atoms with E-state index in [9.17, 15) is 0 Å². The van der Waals surface area contributed by atoms with Crippen LogP contribution >= 0.6 is 0 Å². The number of aliphatic imine (C=N–C) groups is 1. The SMILES string of the molecule is C=CN=C(C)c1cccc(C(=C)N)c1C. The highest BCUT2D eigenvalue weighted by atomic mass is 14.7. The van der Waals surface area contributed by atoms with Crippen LogP contribution in [0, 0.1) is 6.92 Å². The molecule has 1 aromatic carbocycles. The molecule has 1 rings (SSSR count). The van der Waals surface area contributed by atoms with E-state index in [1.165, 1.54) is 0 Å². The molecule has 0 aliphatic carbocycles. The zero-order chi connectivity index (χ0) is 11.4. The van der Waals surface area contributed by atoms with E-state index in [1.807, 2.05) is 32.0 Å². The van der Waals surface area contributed by atoms with Crippen molar-refractivity contribution < 1.29 is 0 Å². The minimum atomic E-state index is 0.584. The van der Waals surface area contributed by atoms with Crippen molar-refractivity contribution in [3.63, 3.8) is 0 Å². The van der Waals surface area contributed by atoms with Gasteiger partial charge in [0.25, 0.3) is 0 Å². The van der Waals surface area contributed by atoms with E-state index in [-0.39, 0.29) is 0 Å². The predicted molar refractivity (Wildman–Crippen MR) is 66.8 cm³/mol. The predicted octanol–water partition coefficient (Wildman–Crippen LogP) is 2.88. The first-order valence-electron chi connectivity index (χ1n) is 4.78. The van der Waals surface area contributed by atoms with Gasteiger partial charge in [-0.3, -0.25) is 4.99 Å². The molecule has 0 atom stereocenters. The van der Waals surface area contributed by atoms with Crippen molar-refractivity contribution in [1.29, 1.82) is 0 Å². The Kier molecular flexibility index (Phi) is 3.45. The van der Waals surface area contributed by atoms with Gasteiger partial charge in [-0.05, 0) is 25.0 Å². The highest BCUT2D eigenvalue weighted by Crippen LogP contribution is 2.18. The van der Waals surface area contributed by atoms with E-state index in [2.05, 4.69) is 18.2 Å². The van der Waals surface area contributed by atoms with Crippen molar-refractivity contribution in [1.82, 2.24) is 0 Å². The van der Waals surface area contributed by atoms with Gasteiger partial charge in [-0.25, -0.2) is 0 Å². The molecule has 0 aromatic heterocycles. The van der Waals surface area contributed by atoms with Gasteiger partial charge in [0, 0.05) is 23.2 Å². The first-order chi connectivity index (χ1) is 7.07. The summed E-state index contributed by atoms with van der Waals surface area (Å²) in [5.74, 6) is 0. The monoisotopic (exact) mass is 200 g/mol. The van der Waals surface area contributed by atoms with Gasteiger partial charge in [-0.2, -0.15) is 0 Å². The Bertz CT molecular complexity index is 428. The molecule has 0 bridgehead atoms. The largest absolute Gasteiger partial charge is 0.399 e. The van der Waals surface area contributed by atoms with Gasteiger partial charge in [0.05, 0.1) is 0 Å². The maximum atomic E-state index is 5.70. The molecule has 15 heavy (non-hydrogen) atoms. The fraction of sp³-hybridized carbons (Fsp3) is 0.154. The van der Waals surface area contributed by atoms with E-state index in [1.54, 1.807) is 6.20 Å². The molecule has 0 saturated carbocycles. The van der Waals surface area contributed by atoms with Crippen LogP contribution in [0.15, 0.2) is 42.5 Å². The third kappa shape index (κ3) is 2.34. The summed E-state index contributed by atoms with van der Waals surface area (Å²) in [4.78, 5) is 4.17. The van der Waals surface area contributed by atoms with Crippen LogP contribution in [0.5, 0.6) is 0 Å². The van der Waals surface area contributed by atoms with Crippen molar-refractivity contribution in [3.05, 3.63) is 54.2 Å². The van der Waals surface area contributed by atoms with Crippen molar-refractivity contribution in [2.24, 2.45) is 10.7 Å². The van der Waals surface area contributed by atoms with Crippen molar-refractivity contribution in [2.45, 2.75) is 13.8 Å². The molecule has 0 spiro atoms. The Labute approximate surface area is 90.8 Å². The quantitative estimate of drug-likeness (QED) is 0.748. The molecule has 0 fully saturated rings. The van der Waals surface area contributed by atoms with Crippen LogP contribution in [-0.2, 0) is 0 Å². The third-order valence-electron chi connectivity index (χ3n) is 2.35. The summed E-state index contributed by atoms with van der Waals surface area (Å²) < 4.78 is 0. The molecule has 0 aliphatic rings. The van der Waals surface area contributed by atoms with Gasteiger partial charge >= 0.3 is 0 Å². The fourth-order valence-electron chi connectivity index (χ4n) is 1.58. The fourth-order valence-corrected chi connectivity index (χ4v) is 1.58. The first kappa shape index (κ1) is 11.2. The number of nitrogens with zero attached hydrogens (tertiary/aromatic N) is 1. The highest BCUT2D eigenvalue weighted by molar-refractivity contribution is 6.01. The lowest BCUT2D eigenvalue weighted by Crippen LogP contribution is -2.03. The smallest absolute Gasteiger partial charge is 0.0447 e. The standard InChI is InChI=1S/C13H16N2/c1-5-15-11(4)13-8-6-7-12(9(13)2)10(3)14/h5-8H,1,3,14H2,2,4H3. The molecule has 0 heterocycles. The molecule has 2 N–H and O–H groups in total. The maximum Gasteiger partial charge on any atom is 0.0447 e. The van der Waals surface area contributed by atoms with E-state index in [4.69, 9.17) is 5.73 Å². The Morgan fingerprint density at radius 1 is 1.40 bits per heavy atom. The van der Waals surface area contributed by atoms with Crippen LogP contribution in [0.4, 0.5) is 0 Å². The Balaban J connectivity index is 3.33. The summed E-state index contributed by atoms with van der Waals surface area (Å²) >= 11 is 0. The number of hydrogen-bond donors (Lipinski definition) is 1. The molecule has 2 nitrogen and oxygen atoms in total. The third-order valence-corrected chi connectivity index (χ3v) is 2.35. The second kappa shape index (κ2) is 4.60. The minimum absolute atomic E-state index is 0.584. The van der Waals surface area contributed by atoms with Crippen LogP contribution in [-0.4, -0.2) is 5.71 Å². The van der Waals surface area contributed by atoms with E-state index in [0.717, 1.165) is 22.4 Å². The zero-order valence-corrected chi connectivity index (χ0v) is 9.25. The average Bonchev–Trinajstić information content (AvgIpc) is 2.17. The van der Waals surface area contributed by atoms with Crippen LogP contribution in [0.2, 0.25) is 0 Å². The summed E-state index contributed by atoms with van der Waals surface area (Å²) in [5.41, 5.74) is 10.4. The van der Waals surface area contributed by atoms with Crippen LogP contribution < -0.4 is 5.73 Å². The van der Waals surface area contributed by atoms with Gasteiger partial charge < -0.3 is 5.73 Å². The summed E-state index contributed by atoms with van der Waals surface area (Å²) in [6.07, 6.45) is 1.54. The summed E-state index contributed by atoms with van der Waals surface area (Å²) in [6.45, 7) is 11.3. The normalized spacial score (nSPS) is 11.2. The second-order valence-electron chi connectivity index (χ2n) is 3.40. The number of rotatable bonds is 3. The van der Waals surface area contributed by atoms with E-state index < -0.39 is 0 Å². The Morgan fingerprint density at radius 2 is 2.00 bits per heavy atom. The lowest BCUT2D eigenvalue weighted by atomic mass is 9.98. The lowest BCUT2D eigenvalue weighted by molar-refractivity contribution is 1.36. The summed E-state index contributed by atoms with van der Waals surface area (Å²) in [7, 11) is 0. The Morgan fingerprint density at radius 3 is 2.53 bits per heavy atom. The van der Waals surface area contributed by atoms with Gasteiger partial charge in [0.15, 0.2) is 0 Å². The van der Waals surface area contributed by atoms with Gasteiger partial charge in [0.2, 0.25) is 0 Å². The molecule has 0 radical (unpaired) electrons. The zero-order valence-electron chi connectivity index (χ0n) is 9.25. The molecule has 0 saturated heterocycles. The molecule has 78 valence electrons. The molecule has 1 aromatic rings. The van der Waals surface area contributed by atoms with Crippen LogP contribution in [0.1, 0.15) is 23.6 Å². The number of nitrogens with two attached hydrogens (primary N) is 1. The van der Waals surface area contributed by atoms with Gasteiger partial charge in [0.1, 0.15) is 0 Å². The second-order valence-corrected chi connectivity index (χ2v) is 3.40. The van der Waals surface area contributed by atoms with Gasteiger partial charge in [-0.1, -0.05) is 31.4 Å². The van der Waals surface area contributed by atoms with E-state index in [0.29, 0.717) is 5.70 Å². The van der Waals surface area contributed by atoms with Crippen molar-refractivity contribution >= 4 is 11.4 Å². The lowest BCUT2D eigenvalue weighted by Gasteiger charge is -2.10. The van der Waals surface area contributed by atoms with Crippen molar-refractivity contribution in [2.75, 3.05) is 0 Å². The first-order valence-corrected chi connectivity index (χ1v) is 4.78. The molecule has 0 unspecified atom stereocenters. The van der Waals surface area contributed by atoms with Gasteiger partial charge in [-0.15, -0.1) is 0 Å².